The number of nitrogens with zero attached hydrogens (tertiary/aromatic N) is 1. The van der Waals surface area contributed by atoms with Crippen molar-refractivity contribution in [3.05, 3.63) is 52.5 Å². The number of ether oxygens (including phenoxy) is 1. The molecule has 1 N–H and O–H groups in total. The van der Waals surface area contributed by atoms with E-state index in [1.165, 1.54) is 11.4 Å². The van der Waals surface area contributed by atoms with Crippen molar-refractivity contribution in [2.75, 3.05) is 22.9 Å². The lowest BCUT2D eigenvalue weighted by atomic mass is 10.2. The van der Waals surface area contributed by atoms with Gasteiger partial charge in [-0.15, -0.1) is 0 Å². The molecule has 1 atom stereocenters. The highest BCUT2D eigenvalue weighted by Crippen LogP contribution is 2.23. The van der Waals surface area contributed by atoms with Gasteiger partial charge in [0.2, 0.25) is 10.0 Å². The highest BCUT2D eigenvalue weighted by Gasteiger charge is 2.19. The number of hydrogen-bond acceptors (Lipinski definition) is 4. The minimum Gasteiger partial charge on any atom is -0.481 e. The van der Waals surface area contributed by atoms with Gasteiger partial charge in [-0.3, -0.25) is 9.10 Å². The predicted molar refractivity (Wildman–Crippen MR) is 112 cm³/mol. The smallest absolute Gasteiger partial charge is 0.265 e. The van der Waals surface area contributed by atoms with Gasteiger partial charge in [0.05, 0.1) is 11.9 Å². The summed E-state index contributed by atoms with van der Waals surface area (Å²) in [6.07, 6.45) is 0.970. The summed E-state index contributed by atoms with van der Waals surface area (Å²) in [6.45, 7) is 3.81. The summed E-state index contributed by atoms with van der Waals surface area (Å²) < 4.78 is 31.1. The summed E-state index contributed by atoms with van der Waals surface area (Å²) >= 11 is 3.43. The molecule has 0 fully saturated rings. The lowest BCUT2D eigenvalue weighted by Gasteiger charge is -2.19. The molecular formula is C19H23BrN2O4S. The second kappa shape index (κ2) is 8.75. The Bertz CT molecular complexity index is 914. The van der Waals surface area contributed by atoms with Gasteiger partial charge < -0.3 is 10.1 Å². The van der Waals surface area contributed by atoms with Gasteiger partial charge in [-0.2, -0.15) is 0 Å². The zero-order valence-corrected chi connectivity index (χ0v) is 18.1. The van der Waals surface area contributed by atoms with E-state index >= 15 is 0 Å². The van der Waals surface area contributed by atoms with Crippen LogP contribution in [0, 0.1) is 6.92 Å². The first-order chi connectivity index (χ1) is 12.6. The molecule has 27 heavy (non-hydrogen) atoms. The van der Waals surface area contributed by atoms with E-state index in [1.807, 2.05) is 32.0 Å². The minimum atomic E-state index is -3.33. The Labute approximate surface area is 168 Å². The number of benzene rings is 2. The average Bonchev–Trinajstić information content (AvgIpc) is 2.61. The number of anilines is 2. The summed E-state index contributed by atoms with van der Waals surface area (Å²) in [6, 6.07) is 12.2. The van der Waals surface area contributed by atoms with E-state index in [0.717, 1.165) is 16.3 Å². The molecule has 0 aliphatic carbocycles. The molecule has 0 unspecified atom stereocenters. The van der Waals surface area contributed by atoms with E-state index in [4.69, 9.17) is 4.74 Å². The van der Waals surface area contributed by atoms with Crippen LogP contribution in [0.1, 0.15) is 18.9 Å². The van der Waals surface area contributed by atoms with Crippen molar-refractivity contribution in [2.45, 2.75) is 26.4 Å². The average molecular weight is 455 g/mol. The number of carbonyl (C=O) groups is 1. The molecule has 0 saturated heterocycles. The van der Waals surface area contributed by atoms with Gasteiger partial charge >= 0.3 is 0 Å². The van der Waals surface area contributed by atoms with Crippen LogP contribution in [-0.4, -0.2) is 33.7 Å². The topological polar surface area (TPSA) is 75.7 Å². The molecule has 0 heterocycles. The molecule has 1 amide bonds. The Morgan fingerprint density at radius 2 is 1.85 bits per heavy atom. The van der Waals surface area contributed by atoms with Gasteiger partial charge in [-0.25, -0.2) is 8.42 Å². The van der Waals surface area contributed by atoms with Crippen LogP contribution in [0.4, 0.5) is 11.4 Å². The maximum absolute atomic E-state index is 12.5. The molecule has 2 rings (SSSR count). The van der Waals surface area contributed by atoms with Gasteiger partial charge in [0.1, 0.15) is 5.75 Å². The lowest BCUT2D eigenvalue weighted by Crippen LogP contribution is -2.32. The predicted octanol–water partition coefficient (Wildman–Crippen LogP) is 3.95. The minimum absolute atomic E-state index is 0.239. The summed E-state index contributed by atoms with van der Waals surface area (Å²) in [5, 5.41) is 2.86. The van der Waals surface area contributed by atoms with E-state index in [9.17, 15) is 13.2 Å². The number of rotatable bonds is 7. The molecular weight excluding hydrogens is 432 g/mol. The fraction of sp³-hybridized carbons (Fsp3) is 0.316. The molecule has 0 aliphatic heterocycles. The number of amides is 1. The third-order valence-electron chi connectivity index (χ3n) is 4.06. The van der Waals surface area contributed by atoms with E-state index in [-0.39, 0.29) is 5.91 Å². The fourth-order valence-electron chi connectivity index (χ4n) is 2.36. The highest BCUT2D eigenvalue weighted by molar-refractivity contribution is 9.10. The van der Waals surface area contributed by atoms with Crippen molar-refractivity contribution in [1.29, 1.82) is 0 Å². The number of sulfonamides is 1. The second-order valence-corrected chi connectivity index (χ2v) is 9.06. The summed E-state index contributed by atoms with van der Waals surface area (Å²) in [5.41, 5.74) is 2.24. The van der Waals surface area contributed by atoms with Crippen LogP contribution in [0.15, 0.2) is 46.9 Å². The van der Waals surface area contributed by atoms with Gasteiger partial charge in [0.25, 0.3) is 5.91 Å². The third kappa shape index (κ3) is 5.71. The lowest BCUT2D eigenvalue weighted by molar-refractivity contribution is -0.122. The van der Waals surface area contributed by atoms with Gasteiger partial charge in [0.15, 0.2) is 6.10 Å². The van der Waals surface area contributed by atoms with E-state index in [2.05, 4.69) is 21.2 Å². The molecule has 2 aromatic carbocycles. The van der Waals surface area contributed by atoms with Crippen molar-refractivity contribution in [1.82, 2.24) is 0 Å². The van der Waals surface area contributed by atoms with Crippen LogP contribution in [0.2, 0.25) is 0 Å². The SMILES string of the molecule is CC[C@H](Oc1ccc(N(C)S(C)(=O)=O)cc1)C(=O)Nc1ccc(Br)c(C)c1. The quantitative estimate of drug-likeness (QED) is 0.686. The van der Waals surface area contributed by atoms with Gasteiger partial charge in [-0.1, -0.05) is 22.9 Å². The second-order valence-electron chi connectivity index (χ2n) is 6.19. The summed E-state index contributed by atoms with van der Waals surface area (Å²) in [4.78, 5) is 12.5. The van der Waals surface area contributed by atoms with Crippen molar-refractivity contribution in [2.24, 2.45) is 0 Å². The first-order valence-corrected chi connectivity index (χ1v) is 11.0. The standard InChI is InChI=1S/C19H23BrN2O4S/c1-5-18(19(23)21-14-6-11-17(20)13(2)12-14)26-16-9-7-15(8-10-16)22(3)27(4,24)25/h6-12,18H,5H2,1-4H3,(H,21,23)/t18-/m0/s1. The maximum atomic E-state index is 12.5. The van der Waals surface area contributed by atoms with Gasteiger partial charge in [0, 0.05) is 17.2 Å². The zero-order valence-electron chi connectivity index (χ0n) is 15.7. The van der Waals surface area contributed by atoms with E-state index in [1.54, 1.807) is 24.3 Å². The Kier molecular flexibility index (Phi) is 6.89. The van der Waals surface area contributed by atoms with Crippen molar-refractivity contribution < 1.29 is 17.9 Å². The third-order valence-corrected chi connectivity index (χ3v) is 6.16. The van der Waals surface area contributed by atoms with Crippen LogP contribution in [0.3, 0.4) is 0 Å². The number of carbonyl (C=O) groups excluding carboxylic acids is 1. The molecule has 0 bridgehead atoms. The Morgan fingerprint density at radius 1 is 1.22 bits per heavy atom. The Balaban J connectivity index is 2.07. The molecule has 0 saturated carbocycles. The number of hydrogen-bond donors (Lipinski definition) is 1. The number of nitrogens with one attached hydrogen (secondary N) is 1. The van der Waals surface area contributed by atoms with E-state index < -0.39 is 16.1 Å². The molecule has 2 aromatic rings. The number of halogens is 1. The molecule has 6 nitrogen and oxygen atoms in total. The van der Waals surface area contributed by atoms with Crippen LogP contribution in [0.25, 0.3) is 0 Å². The monoisotopic (exact) mass is 454 g/mol. The number of aryl methyl sites for hydroxylation is 1. The summed E-state index contributed by atoms with van der Waals surface area (Å²) in [5.74, 6) is 0.256. The fourth-order valence-corrected chi connectivity index (χ4v) is 3.11. The molecule has 0 radical (unpaired) electrons. The zero-order chi connectivity index (χ0) is 20.2. The maximum Gasteiger partial charge on any atom is 0.265 e. The molecule has 146 valence electrons. The first kappa shape index (κ1) is 21.2. The Hall–Kier alpha value is -2.06. The van der Waals surface area contributed by atoms with Crippen LogP contribution in [-0.2, 0) is 14.8 Å². The normalized spacial score (nSPS) is 12.3. The van der Waals surface area contributed by atoms with Crippen molar-refractivity contribution in [3.8, 4) is 5.75 Å². The first-order valence-electron chi connectivity index (χ1n) is 8.39. The largest absolute Gasteiger partial charge is 0.481 e. The van der Waals surface area contributed by atoms with Crippen molar-refractivity contribution >= 4 is 43.2 Å². The van der Waals surface area contributed by atoms with Crippen LogP contribution < -0.4 is 14.4 Å². The highest BCUT2D eigenvalue weighted by atomic mass is 79.9. The molecule has 0 spiro atoms. The molecule has 0 aliphatic rings. The van der Waals surface area contributed by atoms with Gasteiger partial charge in [-0.05, 0) is 61.4 Å². The summed E-state index contributed by atoms with van der Waals surface area (Å²) in [7, 11) is -1.85. The van der Waals surface area contributed by atoms with E-state index in [0.29, 0.717) is 23.5 Å². The van der Waals surface area contributed by atoms with Crippen LogP contribution >= 0.6 is 15.9 Å². The molecule has 8 heteroatoms. The van der Waals surface area contributed by atoms with Crippen molar-refractivity contribution in [3.63, 3.8) is 0 Å². The van der Waals surface area contributed by atoms with Crippen LogP contribution in [0.5, 0.6) is 5.75 Å². The Morgan fingerprint density at radius 3 is 2.37 bits per heavy atom. The molecule has 0 aromatic heterocycles.